The number of allylic oxidation sites excluding steroid dienone is 2. The minimum atomic E-state index is -0.493. The molecule has 1 amide bonds. The molecule has 122 valence electrons. The van der Waals surface area contributed by atoms with Gasteiger partial charge in [-0.3, -0.25) is 4.90 Å². The number of carbonyl (C=O) groups excluding carboxylic acids is 1. The molecule has 1 saturated heterocycles. The van der Waals surface area contributed by atoms with Gasteiger partial charge >= 0.3 is 6.09 Å². The van der Waals surface area contributed by atoms with Crippen LogP contribution in [0.4, 0.5) is 4.79 Å². The van der Waals surface area contributed by atoms with Crippen molar-refractivity contribution in [3.63, 3.8) is 0 Å². The van der Waals surface area contributed by atoms with Gasteiger partial charge in [0.2, 0.25) is 0 Å². The van der Waals surface area contributed by atoms with Crippen molar-refractivity contribution >= 4 is 6.09 Å². The van der Waals surface area contributed by atoms with Gasteiger partial charge in [0.25, 0.3) is 0 Å². The van der Waals surface area contributed by atoms with Crippen LogP contribution in [-0.4, -0.2) is 48.2 Å². The highest BCUT2D eigenvalue weighted by Gasteiger charge is 2.32. The maximum Gasteiger partial charge on any atom is 0.414 e. The molecule has 0 bridgehead atoms. The quantitative estimate of drug-likeness (QED) is 0.459. The number of ether oxygens (including phenoxy) is 1. The first-order valence-corrected chi connectivity index (χ1v) is 7.61. The molecule has 0 aromatic carbocycles. The standard InChI is InChI=1S/C16H25N3O3/c1-5-9-18(10-6-2)13(3)7-8-14(4)19-12-15(11-17-21)22-16(19)20/h7-8,15H,3-6,9-12H2,1-2H3/b8-7-. The number of carbonyl (C=O) groups is 1. The number of rotatable bonds is 10. The molecular weight excluding hydrogens is 282 g/mol. The zero-order valence-corrected chi connectivity index (χ0v) is 13.5. The first kappa shape index (κ1) is 17.9. The highest BCUT2D eigenvalue weighted by Crippen LogP contribution is 2.18. The predicted octanol–water partition coefficient (Wildman–Crippen LogP) is 3.28. The van der Waals surface area contributed by atoms with Crippen LogP contribution in [0.15, 0.2) is 41.9 Å². The third kappa shape index (κ3) is 5.02. The molecule has 0 saturated carbocycles. The van der Waals surface area contributed by atoms with Gasteiger partial charge in [-0.2, -0.15) is 4.91 Å². The fraction of sp³-hybridized carbons (Fsp3) is 0.562. The topological polar surface area (TPSA) is 62.2 Å². The minimum Gasteiger partial charge on any atom is -0.442 e. The Morgan fingerprint density at radius 2 is 2.00 bits per heavy atom. The third-order valence-corrected chi connectivity index (χ3v) is 3.36. The van der Waals surface area contributed by atoms with E-state index in [9.17, 15) is 9.70 Å². The molecule has 1 fully saturated rings. The van der Waals surface area contributed by atoms with Crippen molar-refractivity contribution < 1.29 is 9.53 Å². The smallest absolute Gasteiger partial charge is 0.414 e. The Bertz CT molecular complexity index is 454. The summed E-state index contributed by atoms with van der Waals surface area (Å²) in [6.07, 6.45) is 4.72. The number of nitroso groups, excluding NO2 is 1. The SMILES string of the molecule is C=C(/C=C\C(=C)N1CC(CN=O)OC1=O)N(CCC)CCC. The first-order chi connectivity index (χ1) is 10.5. The summed E-state index contributed by atoms with van der Waals surface area (Å²) < 4.78 is 5.03. The first-order valence-electron chi connectivity index (χ1n) is 7.61. The van der Waals surface area contributed by atoms with Crippen LogP contribution < -0.4 is 0 Å². The summed E-state index contributed by atoms with van der Waals surface area (Å²) in [6, 6.07) is 0. The van der Waals surface area contributed by atoms with Crippen LogP contribution in [0.1, 0.15) is 26.7 Å². The normalized spacial score (nSPS) is 17.6. The lowest BCUT2D eigenvalue weighted by Gasteiger charge is -2.24. The lowest BCUT2D eigenvalue weighted by molar-refractivity contribution is 0.138. The summed E-state index contributed by atoms with van der Waals surface area (Å²) >= 11 is 0. The van der Waals surface area contributed by atoms with E-state index in [1.54, 1.807) is 6.08 Å². The van der Waals surface area contributed by atoms with Crippen LogP contribution >= 0.6 is 0 Å². The Labute approximate surface area is 132 Å². The van der Waals surface area contributed by atoms with Crippen LogP contribution in [0.25, 0.3) is 0 Å². The summed E-state index contributed by atoms with van der Waals surface area (Å²) in [5.74, 6) is 0. The van der Waals surface area contributed by atoms with E-state index in [-0.39, 0.29) is 6.54 Å². The Balaban J connectivity index is 2.61. The van der Waals surface area contributed by atoms with Gasteiger partial charge in [0, 0.05) is 24.5 Å². The lowest BCUT2D eigenvalue weighted by atomic mass is 10.2. The van der Waals surface area contributed by atoms with E-state index in [1.165, 1.54) is 4.90 Å². The van der Waals surface area contributed by atoms with Gasteiger partial charge in [0.05, 0.1) is 6.54 Å². The maximum absolute atomic E-state index is 11.7. The highest BCUT2D eigenvalue weighted by molar-refractivity contribution is 5.72. The molecule has 0 aromatic rings. The van der Waals surface area contributed by atoms with Gasteiger partial charge in [0.15, 0.2) is 0 Å². The molecule has 1 aliphatic rings. The zero-order chi connectivity index (χ0) is 16.5. The third-order valence-electron chi connectivity index (χ3n) is 3.36. The van der Waals surface area contributed by atoms with Gasteiger partial charge in [0.1, 0.15) is 12.6 Å². The lowest BCUT2D eigenvalue weighted by Crippen LogP contribution is -2.25. The zero-order valence-electron chi connectivity index (χ0n) is 13.5. The molecular formula is C16H25N3O3. The Hall–Kier alpha value is -2.11. The van der Waals surface area contributed by atoms with E-state index in [1.807, 2.05) is 6.08 Å². The van der Waals surface area contributed by atoms with Crippen molar-refractivity contribution in [3.05, 3.63) is 41.6 Å². The second kappa shape index (κ2) is 9.02. The molecule has 1 atom stereocenters. The van der Waals surface area contributed by atoms with Gasteiger partial charge < -0.3 is 9.64 Å². The van der Waals surface area contributed by atoms with Crippen molar-refractivity contribution in [2.45, 2.75) is 32.8 Å². The van der Waals surface area contributed by atoms with Crippen molar-refractivity contribution in [1.82, 2.24) is 9.80 Å². The number of hydrogen-bond acceptors (Lipinski definition) is 5. The second-order valence-corrected chi connectivity index (χ2v) is 5.23. The Kier molecular flexibility index (Phi) is 7.36. The molecule has 0 radical (unpaired) electrons. The maximum atomic E-state index is 11.7. The van der Waals surface area contributed by atoms with E-state index in [4.69, 9.17) is 4.74 Å². The molecule has 0 aromatic heterocycles. The Morgan fingerprint density at radius 1 is 1.36 bits per heavy atom. The van der Waals surface area contributed by atoms with E-state index in [0.717, 1.165) is 31.6 Å². The van der Waals surface area contributed by atoms with Gasteiger partial charge in [-0.05, 0) is 25.0 Å². The van der Waals surface area contributed by atoms with Crippen LogP contribution in [0.3, 0.4) is 0 Å². The van der Waals surface area contributed by atoms with Gasteiger partial charge in [-0.15, -0.1) is 0 Å². The second-order valence-electron chi connectivity index (χ2n) is 5.23. The number of cyclic esters (lactones) is 1. The molecule has 0 spiro atoms. The van der Waals surface area contributed by atoms with E-state index < -0.39 is 12.2 Å². The van der Waals surface area contributed by atoms with Crippen molar-refractivity contribution in [2.75, 3.05) is 26.2 Å². The monoisotopic (exact) mass is 307 g/mol. The number of nitrogens with zero attached hydrogens (tertiary/aromatic N) is 3. The Morgan fingerprint density at radius 3 is 2.55 bits per heavy atom. The number of hydrogen-bond donors (Lipinski definition) is 0. The highest BCUT2D eigenvalue weighted by atomic mass is 16.6. The predicted molar refractivity (Wildman–Crippen MR) is 87.2 cm³/mol. The van der Waals surface area contributed by atoms with Crippen LogP contribution in [-0.2, 0) is 4.74 Å². The number of amides is 1. The fourth-order valence-corrected chi connectivity index (χ4v) is 2.26. The van der Waals surface area contributed by atoms with Gasteiger partial charge in [-0.25, -0.2) is 4.79 Å². The van der Waals surface area contributed by atoms with E-state index >= 15 is 0 Å². The molecule has 6 heteroatoms. The minimum absolute atomic E-state index is 0.0350. The van der Waals surface area contributed by atoms with Crippen LogP contribution in [0.5, 0.6) is 0 Å². The molecule has 1 heterocycles. The summed E-state index contributed by atoms with van der Waals surface area (Å²) in [5, 5.41) is 2.76. The molecule has 1 rings (SSSR count). The summed E-state index contributed by atoms with van der Waals surface area (Å²) in [7, 11) is 0. The van der Waals surface area contributed by atoms with E-state index in [2.05, 4.69) is 37.1 Å². The molecule has 22 heavy (non-hydrogen) atoms. The van der Waals surface area contributed by atoms with E-state index in [0.29, 0.717) is 12.2 Å². The largest absolute Gasteiger partial charge is 0.442 e. The van der Waals surface area contributed by atoms with Crippen molar-refractivity contribution in [2.24, 2.45) is 5.18 Å². The molecule has 1 unspecified atom stereocenters. The summed E-state index contributed by atoms with van der Waals surface area (Å²) in [5.41, 5.74) is 1.41. The van der Waals surface area contributed by atoms with Crippen molar-refractivity contribution in [3.8, 4) is 0 Å². The molecule has 0 N–H and O–H groups in total. The average molecular weight is 307 g/mol. The molecule has 0 aliphatic carbocycles. The molecule has 1 aliphatic heterocycles. The van der Waals surface area contributed by atoms with Crippen LogP contribution in [0, 0.1) is 4.91 Å². The van der Waals surface area contributed by atoms with Crippen molar-refractivity contribution in [1.29, 1.82) is 0 Å². The summed E-state index contributed by atoms with van der Waals surface area (Å²) in [6.45, 7) is 14.3. The summed E-state index contributed by atoms with van der Waals surface area (Å²) in [4.78, 5) is 25.6. The molecule has 6 nitrogen and oxygen atoms in total. The van der Waals surface area contributed by atoms with Gasteiger partial charge in [-0.1, -0.05) is 32.2 Å². The fourth-order valence-electron chi connectivity index (χ4n) is 2.26. The average Bonchev–Trinajstić information content (AvgIpc) is 2.85. The van der Waals surface area contributed by atoms with Crippen LogP contribution in [0.2, 0.25) is 0 Å².